The number of hydrogen-bond acceptors (Lipinski definition) is 11. The second-order valence-corrected chi connectivity index (χ2v) is 11.3. The summed E-state index contributed by atoms with van der Waals surface area (Å²) in [5.74, 6) is -0.841. The van der Waals surface area contributed by atoms with Crippen molar-refractivity contribution in [3.8, 4) is 22.5 Å². The molecule has 10 nitrogen and oxygen atoms in total. The minimum Gasteiger partial charge on any atom is -0.462 e. The average Bonchev–Trinajstić information content (AvgIpc) is 3.53. The van der Waals surface area contributed by atoms with Crippen LogP contribution in [0.25, 0.3) is 22.5 Å². The molecule has 41 heavy (non-hydrogen) atoms. The Morgan fingerprint density at radius 1 is 0.780 bits per heavy atom. The smallest absolute Gasteiger partial charge is 0.413 e. The molecule has 12 heteroatoms. The van der Waals surface area contributed by atoms with Crippen LogP contribution < -0.4 is 11.1 Å². The third-order valence-corrected chi connectivity index (χ3v) is 6.71. The van der Waals surface area contributed by atoms with Crippen molar-refractivity contribution < 1.29 is 28.6 Å². The van der Waals surface area contributed by atoms with Crippen LogP contribution >= 0.6 is 22.7 Å². The first kappa shape index (κ1) is 31.2. The summed E-state index contributed by atoms with van der Waals surface area (Å²) in [7, 11) is 0. The Kier molecular flexibility index (Phi) is 11.0. The molecule has 0 saturated carbocycles. The van der Waals surface area contributed by atoms with Gasteiger partial charge in [0, 0.05) is 11.1 Å². The van der Waals surface area contributed by atoms with Crippen LogP contribution in [0.15, 0.2) is 60.7 Å². The molecule has 0 fully saturated rings. The SMILES string of the molecule is CCOC(=O)c1sc(N)nc1-c1ccccc1.CCOC(=O)c1sc(NC(=O)OC(C)(C)C)nc1-c1ccccc1. The largest absolute Gasteiger partial charge is 0.462 e. The second kappa shape index (κ2) is 14.4. The van der Waals surface area contributed by atoms with Crippen LogP contribution in [0.2, 0.25) is 0 Å². The summed E-state index contributed by atoms with van der Waals surface area (Å²) in [6, 6.07) is 18.7. The van der Waals surface area contributed by atoms with E-state index in [1.165, 1.54) is 0 Å². The summed E-state index contributed by atoms with van der Waals surface area (Å²) in [5, 5.41) is 3.22. The van der Waals surface area contributed by atoms with Crippen LogP contribution in [-0.2, 0) is 14.2 Å². The van der Waals surface area contributed by atoms with E-state index in [2.05, 4.69) is 15.3 Å². The number of nitrogens with zero attached hydrogens (tertiary/aromatic N) is 2. The van der Waals surface area contributed by atoms with E-state index in [4.69, 9.17) is 19.9 Å². The number of benzene rings is 2. The van der Waals surface area contributed by atoms with Gasteiger partial charge in [0.15, 0.2) is 10.3 Å². The Labute approximate surface area is 246 Å². The predicted octanol–water partition coefficient (Wildman–Crippen LogP) is 6.90. The predicted molar refractivity (Wildman–Crippen MR) is 161 cm³/mol. The molecule has 4 rings (SSSR count). The van der Waals surface area contributed by atoms with Crippen molar-refractivity contribution in [3.05, 3.63) is 70.4 Å². The highest BCUT2D eigenvalue weighted by Crippen LogP contribution is 2.32. The van der Waals surface area contributed by atoms with Crippen molar-refractivity contribution in [1.29, 1.82) is 0 Å². The number of carbonyl (C=O) groups is 3. The number of hydrogen-bond donors (Lipinski definition) is 2. The first-order valence-corrected chi connectivity index (χ1v) is 14.4. The molecular weight excluding hydrogens is 564 g/mol. The molecule has 0 atom stereocenters. The quantitative estimate of drug-likeness (QED) is 0.172. The molecule has 2 heterocycles. The molecule has 0 aliphatic rings. The van der Waals surface area contributed by atoms with Crippen molar-refractivity contribution in [3.63, 3.8) is 0 Å². The van der Waals surface area contributed by atoms with Crippen molar-refractivity contribution in [1.82, 2.24) is 9.97 Å². The summed E-state index contributed by atoms with van der Waals surface area (Å²) >= 11 is 2.21. The number of amides is 1. The molecule has 0 saturated heterocycles. The summed E-state index contributed by atoms with van der Waals surface area (Å²) in [5.41, 5.74) is 7.74. The van der Waals surface area contributed by atoms with E-state index >= 15 is 0 Å². The lowest BCUT2D eigenvalue weighted by molar-refractivity contribution is 0.0523. The molecule has 1 amide bonds. The van der Waals surface area contributed by atoms with Gasteiger partial charge in [0.25, 0.3) is 0 Å². The molecule has 0 spiro atoms. The molecule has 2 aromatic heterocycles. The van der Waals surface area contributed by atoms with Gasteiger partial charge in [-0.1, -0.05) is 83.3 Å². The van der Waals surface area contributed by atoms with Gasteiger partial charge < -0.3 is 19.9 Å². The molecule has 2 aromatic carbocycles. The maximum Gasteiger partial charge on any atom is 0.413 e. The van der Waals surface area contributed by atoms with Crippen molar-refractivity contribution in [2.24, 2.45) is 0 Å². The lowest BCUT2D eigenvalue weighted by Crippen LogP contribution is -2.27. The molecule has 0 aliphatic heterocycles. The fraction of sp³-hybridized carbons (Fsp3) is 0.276. The van der Waals surface area contributed by atoms with E-state index in [-0.39, 0.29) is 17.7 Å². The number of rotatable bonds is 7. The summed E-state index contributed by atoms with van der Waals surface area (Å²) < 4.78 is 15.3. The number of ether oxygens (including phenoxy) is 3. The number of aromatic nitrogens is 2. The molecule has 0 radical (unpaired) electrons. The van der Waals surface area contributed by atoms with Gasteiger partial charge in [0.05, 0.1) is 24.6 Å². The lowest BCUT2D eigenvalue weighted by atomic mass is 10.1. The standard InChI is InChI=1S/C17H20N2O4S.C12H12N2O2S/c1-5-22-14(20)13-12(11-9-7-6-8-10-11)18-15(24-13)19-16(21)23-17(2,3)4;1-2-16-11(15)10-9(14-12(13)17-10)8-6-4-3-5-7-8/h6-10H,5H2,1-4H3,(H,18,19,21);3-7H,2H2,1H3,(H2,13,14). The molecule has 216 valence electrons. The van der Waals surface area contributed by atoms with Gasteiger partial charge in [-0.25, -0.2) is 24.4 Å². The van der Waals surface area contributed by atoms with Crippen LogP contribution in [0.3, 0.4) is 0 Å². The van der Waals surface area contributed by atoms with Gasteiger partial charge in [0.2, 0.25) is 0 Å². The molecular formula is C29H32N4O6S2. The van der Waals surface area contributed by atoms with E-state index in [0.717, 1.165) is 33.8 Å². The average molecular weight is 597 g/mol. The monoisotopic (exact) mass is 596 g/mol. The van der Waals surface area contributed by atoms with E-state index in [0.29, 0.717) is 32.9 Å². The van der Waals surface area contributed by atoms with Crippen LogP contribution in [0.4, 0.5) is 15.1 Å². The van der Waals surface area contributed by atoms with Gasteiger partial charge in [0.1, 0.15) is 15.4 Å². The first-order valence-electron chi connectivity index (χ1n) is 12.7. The number of anilines is 2. The first-order chi connectivity index (χ1) is 19.5. The highest BCUT2D eigenvalue weighted by atomic mass is 32.1. The number of thiazole rings is 2. The fourth-order valence-corrected chi connectivity index (χ4v) is 4.97. The zero-order valence-electron chi connectivity index (χ0n) is 23.4. The van der Waals surface area contributed by atoms with E-state index in [1.807, 2.05) is 60.7 Å². The minimum atomic E-state index is -0.619. The van der Waals surface area contributed by atoms with E-state index < -0.39 is 17.7 Å². The molecule has 3 N–H and O–H groups in total. The van der Waals surface area contributed by atoms with E-state index in [9.17, 15) is 14.4 Å². The number of nitrogens with one attached hydrogen (secondary N) is 1. The van der Waals surface area contributed by atoms with Crippen molar-refractivity contribution in [2.45, 2.75) is 40.2 Å². The van der Waals surface area contributed by atoms with Gasteiger partial charge in [-0.15, -0.1) is 0 Å². The highest BCUT2D eigenvalue weighted by Gasteiger charge is 2.23. The third kappa shape index (κ3) is 9.12. The summed E-state index contributed by atoms with van der Waals surface area (Å²) in [4.78, 5) is 45.1. The summed E-state index contributed by atoms with van der Waals surface area (Å²) in [6.45, 7) is 9.42. The van der Waals surface area contributed by atoms with Crippen LogP contribution in [0.5, 0.6) is 0 Å². The molecule has 0 bridgehead atoms. The minimum absolute atomic E-state index is 0.264. The number of esters is 2. The van der Waals surface area contributed by atoms with Crippen LogP contribution in [-0.4, -0.2) is 46.8 Å². The maximum atomic E-state index is 12.2. The topological polar surface area (TPSA) is 143 Å². The number of nitrogen functional groups attached to an aromatic ring is 1. The van der Waals surface area contributed by atoms with Crippen molar-refractivity contribution >= 4 is 51.0 Å². The van der Waals surface area contributed by atoms with Crippen LogP contribution in [0, 0.1) is 0 Å². The van der Waals surface area contributed by atoms with Gasteiger partial charge in [-0.05, 0) is 34.6 Å². The molecule has 0 aliphatic carbocycles. The highest BCUT2D eigenvalue weighted by molar-refractivity contribution is 7.18. The van der Waals surface area contributed by atoms with Gasteiger partial charge in [-0.3, -0.25) is 5.32 Å². The third-order valence-electron chi connectivity index (χ3n) is 4.89. The Balaban J connectivity index is 0.000000239. The Morgan fingerprint density at radius 2 is 1.24 bits per heavy atom. The van der Waals surface area contributed by atoms with Crippen molar-refractivity contribution in [2.75, 3.05) is 24.3 Å². The maximum absolute atomic E-state index is 12.2. The molecule has 4 aromatic rings. The normalized spacial score (nSPS) is 10.7. The zero-order chi connectivity index (χ0) is 30.0. The number of carbonyl (C=O) groups excluding carboxylic acids is 3. The Hall–Kier alpha value is -4.29. The Bertz CT molecular complexity index is 1460. The lowest BCUT2D eigenvalue weighted by Gasteiger charge is -2.18. The zero-order valence-corrected chi connectivity index (χ0v) is 25.1. The van der Waals surface area contributed by atoms with Gasteiger partial charge >= 0.3 is 18.0 Å². The number of nitrogens with two attached hydrogens (primary N) is 1. The van der Waals surface area contributed by atoms with Crippen LogP contribution in [0.1, 0.15) is 54.0 Å². The summed E-state index contributed by atoms with van der Waals surface area (Å²) in [6.07, 6.45) is -0.619. The van der Waals surface area contributed by atoms with E-state index in [1.54, 1.807) is 34.6 Å². The van der Waals surface area contributed by atoms with Gasteiger partial charge in [-0.2, -0.15) is 0 Å². The molecule has 0 unspecified atom stereocenters. The Morgan fingerprint density at radius 3 is 1.71 bits per heavy atom. The second-order valence-electron chi connectivity index (χ2n) is 9.23. The fourth-order valence-electron chi connectivity index (χ4n) is 3.35.